The van der Waals surface area contributed by atoms with Crippen LogP contribution in [0.5, 0.6) is 0 Å². The molecule has 0 aromatic heterocycles. The number of benzene rings is 1. The van der Waals surface area contributed by atoms with Gasteiger partial charge in [0.25, 0.3) is 0 Å². The van der Waals surface area contributed by atoms with Gasteiger partial charge in [0, 0.05) is 38.2 Å². The van der Waals surface area contributed by atoms with E-state index in [1.807, 2.05) is 0 Å². The summed E-state index contributed by atoms with van der Waals surface area (Å²) in [7, 11) is 0. The van der Waals surface area contributed by atoms with Crippen LogP contribution >= 0.6 is 0 Å². The maximum absolute atomic E-state index is 13.7. The van der Waals surface area contributed by atoms with Crippen molar-refractivity contribution in [2.24, 2.45) is 0 Å². The molecule has 1 aliphatic rings. The van der Waals surface area contributed by atoms with E-state index in [1.54, 1.807) is 18.2 Å². The van der Waals surface area contributed by atoms with Crippen molar-refractivity contribution in [3.8, 4) is 0 Å². The van der Waals surface area contributed by atoms with Gasteiger partial charge in [-0.1, -0.05) is 12.1 Å². The fourth-order valence-electron chi connectivity index (χ4n) is 2.34. The van der Waals surface area contributed by atoms with Gasteiger partial charge in [-0.25, -0.2) is 4.39 Å². The van der Waals surface area contributed by atoms with E-state index in [0.29, 0.717) is 12.1 Å². The number of carbonyl (C=O) groups is 1. The Hall–Kier alpha value is -1.62. The second kappa shape index (κ2) is 5.35. The standard InChI is InChI=1S/C13H18FN3O/c1-9(18)16-11-5-6-17(8-11)7-10-3-2-4-12(15)13(10)14/h2-4,11H,5-8,15H2,1H3,(H,16,18). The Labute approximate surface area is 106 Å². The number of halogens is 1. The molecule has 0 bridgehead atoms. The van der Waals surface area contributed by atoms with Crippen molar-refractivity contribution in [3.05, 3.63) is 29.6 Å². The van der Waals surface area contributed by atoms with Crippen LogP contribution in [0, 0.1) is 5.82 Å². The van der Waals surface area contributed by atoms with Gasteiger partial charge in [-0.2, -0.15) is 0 Å². The molecular formula is C13H18FN3O. The summed E-state index contributed by atoms with van der Waals surface area (Å²) >= 11 is 0. The highest BCUT2D eigenvalue weighted by molar-refractivity contribution is 5.73. The smallest absolute Gasteiger partial charge is 0.217 e. The van der Waals surface area contributed by atoms with Crippen molar-refractivity contribution >= 4 is 11.6 Å². The minimum absolute atomic E-state index is 0.0167. The summed E-state index contributed by atoms with van der Waals surface area (Å²) in [4.78, 5) is 13.1. The first-order valence-corrected chi connectivity index (χ1v) is 6.08. The first-order valence-electron chi connectivity index (χ1n) is 6.08. The summed E-state index contributed by atoms with van der Waals surface area (Å²) in [5, 5.41) is 2.88. The number of rotatable bonds is 3. The van der Waals surface area contributed by atoms with Crippen LogP contribution in [-0.2, 0) is 11.3 Å². The molecule has 0 radical (unpaired) electrons. The number of carbonyl (C=O) groups excluding carboxylic acids is 1. The van der Waals surface area contributed by atoms with Crippen molar-refractivity contribution in [3.63, 3.8) is 0 Å². The van der Waals surface area contributed by atoms with Crippen molar-refractivity contribution < 1.29 is 9.18 Å². The largest absolute Gasteiger partial charge is 0.396 e. The van der Waals surface area contributed by atoms with Gasteiger partial charge in [0.2, 0.25) is 5.91 Å². The van der Waals surface area contributed by atoms with Gasteiger partial charge < -0.3 is 11.1 Å². The third-order valence-electron chi connectivity index (χ3n) is 3.18. The molecule has 0 saturated carbocycles. The maximum atomic E-state index is 13.7. The minimum atomic E-state index is -0.333. The normalized spacial score (nSPS) is 20.0. The lowest BCUT2D eigenvalue weighted by atomic mass is 10.2. The molecule has 1 fully saturated rings. The predicted octanol–water partition coefficient (Wildman–Crippen LogP) is 1.12. The SMILES string of the molecule is CC(=O)NC1CCN(Cc2cccc(N)c2F)C1. The van der Waals surface area contributed by atoms with Gasteiger partial charge in [0.05, 0.1) is 5.69 Å². The van der Waals surface area contributed by atoms with Crippen molar-refractivity contribution in [2.45, 2.75) is 25.9 Å². The summed E-state index contributed by atoms with van der Waals surface area (Å²) in [6.45, 7) is 3.67. The highest BCUT2D eigenvalue weighted by Crippen LogP contribution is 2.19. The highest BCUT2D eigenvalue weighted by atomic mass is 19.1. The number of anilines is 1. The third kappa shape index (κ3) is 2.98. The molecule has 5 heteroatoms. The second-order valence-corrected chi connectivity index (χ2v) is 4.74. The van der Waals surface area contributed by atoms with Gasteiger partial charge in [-0.3, -0.25) is 9.69 Å². The van der Waals surface area contributed by atoms with Crippen LogP contribution in [0.3, 0.4) is 0 Å². The Bertz CT molecular complexity index is 450. The zero-order valence-electron chi connectivity index (χ0n) is 10.4. The fourth-order valence-corrected chi connectivity index (χ4v) is 2.34. The molecule has 4 nitrogen and oxygen atoms in total. The van der Waals surface area contributed by atoms with E-state index in [1.165, 1.54) is 6.92 Å². The highest BCUT2D eigenvalue weighted by Gasteiger charge is 2.23. The van der Waals surface area contributed by atoms with Crippen LogP contribution in [0.15, 0.2) is 18.2 Å². The first kappa shape index (κ1) is 12.8. The molecule has 1 heterocycles. The molecule has 1 aromatic rings. The molecule has 0 spiro atoms. The Morgan fingerprint density at radius 3 is 3.11 bits per heavy atom. The van der Waals surface area contributed by atoms with Crippen LogP contribution in [-0.4, -0.2) is 29.9 Å². The predicted molar refractivity (Wildman–Crippen MR) is 68.3 cm³/mol. The molecule has 1 atom stereocenters. The molecule has 98 valence electrons. The van der Waals surface area contributed by atoms with E-state index in [4.69, 9.17) is 5.73 Å². The number of hydrogen-bond acceptors (Lipinski definition) is 3. The van der Waals surface area contributed by atoms with Crippen LogP contribution in [0.2, 0.25) is 0 Å². The van der Waals surface area contributed by atoms with Crippen LogP contribution in [0.1, 0.15) is 18.9 Å². The Morgan fingerprint density at radius 1 is 1.61 bits per heavy atom. The average Bonchev–Trinajstić information content (AvgIpc) is 2.71. The molecule has 3 N–H and O–H groups in total. The zero-order chi connectivity index (χ0) is 13.1. The van der Waals surface area contributed by atoms with Crippen LogP contribution < -0.4 is 11.1 Å². The van der Waals surface area contributed by atoms with Crippen LogP contribution in [0.25, 0.3) is 0 Å². The Balaban J connectivity index is 1.95. The minimum Gasteiger partial charge on any atom is -0.396 e. The number of likely N-dealkylation sites (tertiary alicyclic amines) is 1. The fraction of sp³-hybridized carbons (Fsp3) is 0.462. The van der Waals surface area contributed by atoms with Gasteiger partial charge in [0.1, 0.15) is 0 Å². The van der Waals surface area contributed by atoms with E-state index in [-0.39, 0.29) is 23.5 Å². The lowest BCUT2D eigenvalue weighted by molar-refractivity contribution is -0.119. The molecule has 2 rings (SSSR count). The number of nitrogens with zero attached hydrogens (tertiary/aromatic N) is 1. The van der Waals surface area contributed by atoms with Gasteiger partial charge in [-0.15, -0.1) is 0 Å². The lowest BCUT2D eigenvalue weighted by Crippen LogP contribution is -2.35. The first-order chi connectivity index (χ1) is 8.56. The van der Waals surface area contributed by atoms with Gasteiger partial charge in [-0.05, 0) is 12.5 Å². The van der Waals surface area contributed by atoms with Gasteiger partial charge in [0.15, 0.2) is 5.82 Å². The summed E-state index contributed by atoms with van der Waals surface area (Å²) in [5.74, 6) is -0.350. The molecule has 1 aliphatic heterocycles. The quantitative estimate of drug-likeness (QED) is 0.791. The van der Waals surface area contributed by atoms with E-state index in [9.17, 15) is 9.18 Å². The molecule has 1 aromatic carbocycles. The molecule has 1 saturated heterocycles. The molecule has 1 unspecified atom stereocenters. The zero-order valence-corrected chi connectivity index (χ0v) is 10.4. The van der Waals surface area contributed by atoms with E-state index >= 15 is 0 Å². The average molecular weight is 251 g/mol. The van der Waals surface area contributed by atoms with Crippen molar-refractivity contribution in [2.75, 3.05) is 18.8 Å². The topological polar surface area (TPSA) is 58.4 Å². The van der Waals surface area contributed by atoms with Crippen molar-refractivity contribution in [1.29, 1.82) is 0 Å². The molecule has 18 heavy (non-hydrogen) atoms. The van der Waals surface area contributed by atoms with E-state index in [0.717, 1.165) is 19.5 Å². The monoisotopic (exact) mass is 251 g/mol. The third-order valence-corrected chi connectivity index (χ3v) is 3.18. The molecule has 1 amide bonds. The summed E-state index contributed by atoms with van der Waals surface area (Å²) < 4.78 is 13.7. The van der Waals surface area contributed by atoms with Crippen LogP contribution in [0.4, 0.5) is 10.1 Å². The van der Waals surface area contributed by atoms with E-state index < -0.39 is 0 Å². The van der Waals surface area contributed by atoms with E-state index in [2.05, 4.69) is 10.2 Å². The Morgan fingerprint density at radius 2 is 2.39 bits per heavy atom. The van der Waals surface area contributed by atoms with Gasteiger partial charge >= 0.3 is 0 Å². The molecular weight excluding hydrogens is 233 g/mol. The maximum Gasteiger partial charge on any atom is 0.217 e. The summed E-state index contributed by atoms with van der Waals surface area (Å²) in [6, 6.07) is 5.24. The second-order valence-electron chi connectivity index (χ2n) is 4.74. The van der Waals surface area contributed by atoms with Crippen molar-refractivity contribution in [1.82, 2.24) is 10.2 Å². The summed E-state index contributed by atoms with van der Waals surface area (Å²) in [5.41, 5.74) is 6.33. The lowest BCUT2D eigenvalue weighted by Gasteiger charge is -2.17. The number of hydrogen-bond donors (Lipinski definition) is 2. The number of amides is 1. The summed E-state index contributed by atoms with van der Waals surface area (Å²) in [6.07, 6.45) is 0.906. The number of nitrogens with two attached hydrogens (primary N) is 1. The molecule has 0 aliphatic carbocycles. The number of nitrogens with one attached hydrogen (secondary N) is 1. The number of nitrogen functional groups attached to an aromatic ring is 1. The Kier molecular flexibility index (Phi) is 3.81.